The van der Waals surface area contributed by atoms with Gasteiger partial charge in [0, 0.05) is 37.5 Å². The molecule has 1 aliphatic rings. The van der Waals surface area contributed by atoms with E-state index in [1.54, 1.807) is 0 Å². The smallest absolute Gasteiger partial charge is 0.185 e. The van der Waals surface area contributed by atoms with Crippen molar-refractivity contribution in [2.24, 2.45) is 0 Å². The van der Waals surface area contributed by atoms with Crippen LogP contribution in [0.15, 0.2) is 0 Å². The van der Waals surface area contributed by atoms with Gasteiger partial charge in [-0.1, -0.05) is 6.92 Å². The lowest BCUT2D eigenvalue weighted by Gasteiger charge is -2.15. The Labute approximate surface area is 120 Å². The SMILES string of the molecule is CCNCc1sc(N(C)CCOCC)nc1C1CC1. The van der Waals surface area contributed by atoms with Crippen molar-refractivity contribution >= 4 is 16.5 Å². The van der Waals surface area contributed by atoms with Gasteiger partial charge in [0.15, 0.2) is 5.13 Å². The van der Waals surface area contributed by atoms with Gasteiger partial charge in [-0.2, -0.15) is 0 Å². The summed E-state index contributed by atoms with van der Waals surface area (Å²) in [6.07, 6.45) is 2.62. The van der Waals surface area contributed by atoms with E-state index in [-0.39, 0.29) is 0 Å². The normalized spacial score (nSPS) is 14.9. The number of ether oxygens (including phenoxy) is 1. The lowest BCUT2D eigenvalue weighted by molar-refractivity contribution is 0.154. The van der Waals surface area contributed by atoms with Crippen molar-refractivity contribution in [1.29, 1.82) is 0 Å². The van der Waals surface area contributed by atoms with Gasteiger partial charge in [0.25, 0.3) is 0 Å². The van der Waals surface area contributed by atoms with E-state index in [2.05, 4.69) is 24.2 Å². The third kappa shape index (κ3) is 4.16. The van der Waals surface area contributed by atoms with Gasteiger partial charge in [-0.05, 0) is 26.3 Å². The number of likely N-dealkylation sites (N-methyl/N-ethyl adjacent to an activating group) is 1. The van der Waals surface area contributed by atoms with Gasteiger partial charge in [-0.15, -0.1) is 11.3 Å². The predicted octanol–water partition coefficient (Wildman–Crippen LogP) is 2.60. The number of anilines is 1. The highest BCUT2D eigenvalue weighted by Crippen LogP contribution is 2.44. The summed E-state index contributed by atoms with van der Waals surface area (Å²) in [7, 11) is 2.10. The van der Waals surface area contributed by atoms with Gasteiger partial charge in [0.1, 0.15) is 0 Å². The molecule has 0 radical (unpaired) electrons. The molecule has 5 heteroatoms. The van der Waals surface area contributed by atoms with Gasteiger partial charge in [0.05, 0.1) is 12.3 Å². The van der Waals surface area contributed by atoms with Crippen LogP contribution in [0.5, 0.6) is 0 Å². The number of hydrogen-bond acceptors (Lipinski definition) is 5. The molecular formula is C14H25N3OS. The van der Waals surface area contributed by atoms with Crippen LogP contribution >= 0.6 is 11.3 Å². The predicted molar refractivity (Wildman–Crippen MR) is 81.2 cm³/mol. The standard InChI is InChI=1S/C14H25N3OS/c1-4-15-10-12-13(11-6-7-11)16-14(19-12)17(3)8-9-18-5-2/h11,15H,4-10H2,1-3H3. The lowest BCUT2D eigenvalue weighted by atomic mass is 10.2. The average Bonchev–Trinajstić information content (AvgIpc) is 3.17. The first kappa shape index (κ1) is 14.8. The minimum atomic E-state index is 0.721. The molecule has 0 amide bonds. The van der Waals surface area contributed by atoms with Crippen molar-refractivity contribution in [3.63, 3.8) is 0 Å². The minimum Gasteiger partial charge on any atom is -0.380 e. The van der Waals surface area contributed by atoms with Crippen LogP contribution in [0.2, 0.25) is 0 Å². The van der Waals surface area contributed by atoms with Gasteiger partial charge in [-0.3, -0.25) is 0 Å². The summed E-state index contributed by atoms with van der Waals surface area (Å²) in [6, 6.07) is 0. The first-order chi connectivity index (χ1) is 9.26. The van der Waals surface area contributed by atoms with Crippen LogP contribution in [-0.2, 0) is 11.3 Å². The summed E-state index contributed by atoms with van der Waals surface area (Å²) < 4.78 is 5.41. The maximum Gasteiger partial charge on any atom is 0.185 e. The Morgan fingerprint density at radius 1 is 1.42 bits per heavy atom. The van der Waals surface area contributed by atoms with Crippen molar-refractivity contribution < 1.29 is 4.74 Å². The molecule has 0 bridgehead atoms. The highest BCUT2D eigenvalue weighted by Gasteiger charge is 2.29. The third-order valence-electron chi connectivity index (χ3n) is 3.32. The summed E-state index contributed by atoms with van der Waals surface area (Å²) in [4.78, 5) is 8.48. The van der Waals surface area contributed by atoms with Crippen molar-refractivity contribution in [3.8, 4) is 0 Å². The zero-order valence-corrected chi connectivity index (χ0v) is 13.1. The van der Waals surface area contributed by atoms with Crippen molar-refractivity contribution in [2.75, 3.05) is 38.3 Å². The summed E-state index contributed by atoms with van der Waals surface area (Å²) in [6.45, 7) is 8.61. The molecule has 0 aromatic carbocycles. The molecule has 0 aliphatic heterocycles. The molecule has 1 fully saturated rings. The summed E-state index contributed by atoms with van der Waals surface area (Å²) in [5.41, 5.74) is 1.34. The fourth-order valence-electron chi connectivity index (χ4n) is 2.00. The Balaban J connectivity index is 1.99. The summed E-state index contributed by atoms with van der Waals surface area (Å²) in [5.74, 6) is 0.721. The monoisotopic (exact) mass is 283 g/mol. The molecule has 108 valence electrons. The largest absolute Gasteiger partial charge is 0.380 e. The van der Waals surface area contributed by atoms with E-state index < -0.39 is 0 Å². The van der Waals surface area contributed by atoms with Crippen molar-refractivity contribution in [3.05, 3.63) is 10.6 Å². The molecule has 1 aromatic rings. The average molecular weight is 283 g/mol. The molecular weight excluding hydrogens is 258 g/mol. The Morgan fingerprint density at radius 2 is 2.21 bits per heavy atom. The van der Waals surface area contributed by atoms with Crippen molar-refractivity contribution in [2.45, 2.75) is 39.2 Å². The Morgan fingerprint density at radius 3 is 2.84 bits per heavy atom. The zero-order chi connectivity index (χ0) is 13.7. The van der Waals surface area contributed by atoms with E-state index in [0.29, 0.717) is 0 Å². The van der Waals surface area contributed by atoms with E-state index in [1.807, 2.05) is 18.3 Å². The van der Waals surface area contributed by atoms with Crippen LogP contribution in [0.1, 0.15) is 43.2 Å². The van der Waals surface area contributed by atoms with Crippen LogP contribution in [0, 0.1) is 0 Å². The highest BCUT2D eigenvalue weighted by molar-refractivity contribution is 7.15. The van der Waals surface area contributed by atoms with E-state index in [0.717, 1.165) is 43.9 Å². The fraction of sp³-hybridized carbons (Fsp3) is 0.786. The van der Waals surface area contributed by atoms with Gasteiger partial charge < -0.3 is 15.0 Å². The molecule has 4 nitrogen and oxygen atoms in total. The van der Waals surface area contributed by atoms with E-state index in [4.69, 9.17) is 9.72 Å². The second kappa shape index (κ2) is 7.22. The first-order valence-corrected chi connectivity index (χ1v) is 8.07. The molecule has 1 aromatic heterocycles. The molecule has 1 aliphatic carbocycles. The van der Waals surface area contributed by atoms with Crippen LogP contribution in [0.25, 0.3) is 0 Å². The number of hydrogen-bond donors (Lipinski definition) is 1. The molecule has 0 atom stereocenters. The number of aromatic nitrogens is 1. The maximum atomic E-state index is 5.41. The Hall–Kier alpha value is -0.650. The molecule has 0 spiro atoms. The quantitative estimate of drug-likeness (QED) is 0.707. The lowest BCUT2D eigenvalue weighted by Crippen LogP contribution is -2.22. The van der Waals surface area contributed by atoms with Crippen LogP contribution in [-0.4, -0.2) is 38.3 Å². The van der Waals surface area contributed by atoms with Gasteiger partial charge in [0.2, 0.25) is 0 Å². The van der Waals surface area contributed by atoms with Gasteiger partial charge >= 0.3 is 0 Å². The summed E-state index contributed by atoms with van der Waals surface area (Å²) >= 11 is 1.83. The topological polar surface area (TPSA) is 37.4 Å². The highest BCUT2D eigenvalue weighted by atomic mass is 32.1. The molecule has 1 saturated carbocycles. The third-order valence-corrected chi connectivity index (χ3v) is 4.50. The van der Waals surface area contributed by atoms with Crippen molar-refractivity contribution in [1.82, 2.24) is 10.3 Å². The number of nitrogens with one attached hydrogen (secondary N) is 1. The van der Waals surface area contributed by atoms with E-state index in [9.17, 15) is 0 Å². The van der Waals surface area contributed by atoms with Crippen LogP contribution in [0.3, 0.4) is 0 Å². The Kier molecular flexibility index (Phi) is 5.60. The molecule has 1 heterocycles. The second-order valence-corrected chi connectivity index (χ2v) is 6.04. The van der Waals surface area contributed by atoms with Gasteiger partial charge in [-0.25, -0.2) is 4.98 Å². The number of nitrogens with zero attached hydrogens (tertiary/aromatic N) is 2. The zero-order valence-electron chi connectivity index (χ0n) is 12.2. The molecule has 1 N–H and O–H groups in total. The van der Waals surface area contributed by atoms with E-state index >= 15 is 0 Å². The molecule has 2 rings (SSSR count). The second-order valence-electron chi connectivity index (χ2n) is 4.98. The minimum absolute atomic E-state index is 0.721. The Bertz CT molecular complexity index is 390. The van der Waals surface area contributed by atoms with Crippen LogP contribution in [0.4, 0.5) is 5.13 Å². The van der Waals surface area contributed by atoms with Crippen LogP contribution < -0.4 is 10.2 Å². The number of rotatable bonds is 9. The van der Waals surface area contributed by atoms with E-state index in [1.165, 1.54) is 23.4 Å². The maximum absolute atomic E-state index is 5.41. The summed E-state index contributed by atoms with van der Waals surface area (Å²) in [5, 5.41) is 4.55. The molecule has 19 heavy (non-hydrogen) atoms. The molecule has 0 saturated heterocycles. The molecule has 0 unspecified atom stereocenters. The first-order valence-electron chi connectivity index (χ1n) is 7.25. The number of thiazole rings is 1. The fourth-order valence-corrected chi connectivity index (χ4v) is 3.10.